The Morgan fingerprint density at radius 1 is 0.943 bits per heavy atom. The van der Waals surface area contributed by atoms with E-state index < -0.39 is 47.0 Å². The zero-order chi connectivity index (χ0) is 25.5. The van der Waals surface area contributed by atoms with Gasteiger partial charge >= 0.3 is 17.8 Å². The van der Waals surface area contributed by atoms with Gasteiger partial charge in [0.05, 0.1) is 23.4 Å². The maximum atomic E-state index is 14.4. The molecular formula is C22H20F4N4O5. The van der Waals surface area contributed by atoms with Crippen LogP contribution in [0.1, 0.15) is 25.7 Å². The highest BCUT2D eigenvalue weighted by Gasteiger charge is 2.27. The number of halogens is 4. The van der Waals surface area contributed by atoms with Crippen molar-refractivity contribution in [1.82, 2.24) is 10.9 Å². The summed E-state index contributed by atoms with van der Waals surface area (Å²) in [7, 11) is 0. The van der Waals surface area contributed by atoms with E-state index in [0.29, 0.717) is 37.8 Å². The summed E-state index contributed by atoms with van der Waals surface area (Å²) in [6.07, 6.45) is 2.47. The lowest BCUT2D eigenvalue weighted by molar-refractivity contribution is -0.143. The number of rotatable bonds is 7. The molecule has 0 saturated heterocycles. The molecule has 1 fully saturated rings. The number of hydrazine groups is 1. The summed E-state index contributed by atoms with van der Waals surface area (Å²) < 4.78 is 59.2. The van der Waals surface area contributed by atoms with Crippen molar-refractivity contribution in [3.8, 4) is 5.75 Å². The largest absolute Gasteiger partial charge is 0.490 e. The number of ether oxygens (including phenoxy) is 1. The Hall–Kier alpha value is -4.16. The molecule has 2 aromatic carbocycles. The second-order valence-corrected chi connectivity index (χ2v) is 7.61. The number of carboxylic acids is 1. The van der Waals surface area contributed by atoms with E-state index in [-0.39, 0.29) is 23.2 Å². The number of benzene rings is 2. The Labute approximate surface area is 196 Å². The highest BCUT2D eigenvalue weighted by Crippen LogP contribution is 2.29. The number of carbonyl (C=O) groups excluding carboxylic acids is 2. The smallest absolute Gasteiger partial charge is 0.327 e. The van der Waals surface area contributed by atoms with Crippen LogP contribution in [0, 0.1) is 29.2 Å². The second kappa shape index (κ2) is 11.3. The van der Waals surface area contributed by atoms with Crippen LogP contribution in [0.2, 0.25) is 0 Å². The molecule has 2 amide bonds. The maximum Gasteiger partial charge on any atom is 0.327 e. The van der Waals surface area contributed by atoms with Gasteiger partial charge in [-0.15, -0.1) is 0 Å². The third-order valence-electron chi connectivity index (χ3n) is 5.15. The molecule has 1 aliphatic carbocycles. The highest BCUT2D eigenvalue weighted by molar-refractivity contribution is 6.39. The maximum absolute atomic E-state index is 14.4. The number of carboxylic acid groups (broad SMARTS) is 1. The van der Waals surface area contributed by atoms with Crippen LogP contribution in [0.4, 0.5) is 28.9 Å². The minimum Gasteiger partial charge on any atom is -0.490 e. The topological polar surface area (TPSA) is 129 Å². The summed E-state index contributed by atoms with van der Waals surface area (Å²) in [5.41, 5.74) is 3.41. The molecule has 0 bridgehead atoms. The monoisotopic (exact) mass is 496 g/mol. The molecule has 9 nitrogen and oxygen atoms in total. The molecule has 186 valence electrons. The molecule has 0 atom stereocenters. The van der Waals surface area contributed by atoms with Gasteiger partial charge in [-0.3, -0.25) is 25.2 Å². The summed E-state index contributed by atoms with van der Waals surface area (Å²) in [5.74, 6) is -8.96. The summed E-state index contributed by atoms with van der Waals surface area (Å²) in [6, 6.07) is 4.85. The molecule has 0 aromatic heterocycles. The Balaban J connectivity index is 1.47. The van der Waals surface area contributed by atoms with Crippen LogP contribution >= 0.6 is 0 Å². The van der Waals surface area contributed by atoms with E-state index in [0.717, 1.165) is 12.4 Å². The van der Waals surface area contributed by atoms with Gasteiger partial charge < -0.3 is 15.2 Å². The van der Waals surface area contributed by atoms with Crippen LogP contribution in [0.15, 0.2) is 35.3 Å². The van der Waals surface area contributed by atoms with Crippen molar-refractivity contribution in [2.24, 2.45) is 10.9 Å². The molecule has 0 unspecified atom stereocenters. The van der Waals surface area contributed by atoms with Gasteiger partial charge in [0.2, 0.25) is 0 Å². The number of nitrogens with one attached hydrogen (secondary N) is 3. The molecule has 2 aromatic rings. The summed E-state index contributed by atoms with van der Waals surface area (Å²) in [5, 5.41) is 11.1. The van der Waals surface area contributed by atoms with Crippen molar-refractivity contribution in [3.63, 3.8) is 0 Å². The molecule has 13 heteroatoms. The van der Waals surface area contributed by atoms with Gasteiger partial charge in [0.1, 0.15) is 17.9 Å². The predicted molar refractivity (Wildman–Crippen MR) is 115 cm³/mol. The highest BCUT2D eigenvalue weighted by atomic mass is 19.2. The fraction of sp³-hybridized carbons (Fsp3) is 0.273. The molecule has 3 rings (SSSR count). The Kier molecular flexibility index (Phi) is 8.23. The number of aliphatic imine (C=N–C) groups is 1. The van der Waals surface area contributed by atoms with Gasteiger partial charge in [-0.2, -0.15) is 0 Å². The normalized spacial score (nSPS) is 17.6. The van der Waals surface area contributed by atoms with E-state index in [1.807, 2.05) is 5.43 Å². The second-order valence-electron chi connectivity index (χ2n) is 7.61. The Morgan fingerprint density at radius 3 is 2.20 bits per heavy atom. The summed E-state index contributed by atoms with van der Waals surface area (Å²) in [4.78, 5) is 38.3. The number of amides is 2. The number of hydrogen-bond acceptors (Lipinski definition) is 5. The van der Waals surface area contributed by atoms with Crippen molar-refractivity contribution in [2.45, 2.75) is 31.8 Å². The van der Waals surface area contributed by atoms with Crippen molar-refractivity contribution >= 4 is 35.5 Å². The molecule has 0 radical (unpaired) electrons. The quantitative estimate of drug-likeness (QED) is 0.116. The molecule has 0 spiro atoms. The summed E-state index contributed by atoms with van der Waals surface area (Å²) >= 11 is 0. The molecule has 0 aliphatic heterocycles. The summed E-state index contributed by atoms with van der Waals surface area (Å²) in [6.45, 7) is 0. The van der Waals surface area contributed by atoms with E-state index in [4.69, 9.17) is 9.84 Å². The first-order chi connectivity index (χ1) is 16.6. The minimum absolute atomic E-state index is 0.190. The van der Waals surface area contributed by atoms with Gasteiger partial charge in [0.15, 0.2) is 17.5 Å². The Morgan fingerprint density at radius 2 is 1.60 bits per heavy atom. The molecule has 0 heterocycles. The number of hydrogen-bond donors (Lipinski definition) is 4. The molecule has 4 N–H and O–H groups in total. The van der Waals surface area contributed by atoms with Gasteiger partial charge in [-0.25, -0.2) is 22.6 Å². The predicted octanol–water partition coefficient (Wildman–Crippen LogP) is 3.18. The first kappa shape index (κ1) is 25.5. The zero-order valence-electron chi connectivity index (χ0n) is 18.0. The van der Waals surface area contributed by atoms with E-state index in [1.54, 1.807) is 0 Å². The lowest BCUT2D eigenvalue weighted by Gasteiger charge is -2.26. The first-order valence-corrected chi connectivity index (χ1v) is 10.4. The average molecular weight is 496 g/mol. The van der Waals surface area contributed by atoms with Crippen LogP contribution in [-0.2, 0) is 14.4 Å². The van der Waals surface area contributed by atoms with Crippen LogP contribution < -0.4 is 20.9 Å². The number of nitrogens with zero attached hydrogens (tertiary/aromatic N) is 1. The standard InChI is InChI=1S/C22H20F4N4O5/c23-15-9-14(35-13-3-1-11(2-4-13)22(33)34)5-6-18(15)29-20(31)21(32)30-28-10-27-12-7-16(24)19(26)17(25)8-12/h5-11,13H,1-4H2,(H,27,28)(H,29,31)(H,30,32)(H,33,34). The van der Waals surface area contributed by atoms with Crippen molar-refractivity contribution < 1.29 is 41.8 Å². The van der Waals surface area contributed by atoms with E-state index in [2.05, 4.69) is 15.7 Å². The fourth-order valence-corrected chi connectivity index (χ4v) is 3.35. The number of carbonyl (C=O) groups is 3. The van der Waals surface area contributed by atoms with E-state index in [9.17, 15) is 31.9 Å². The van der Waals surface area contributed by atoms with Crippen molar-refractivity contribution in [1.29, 1.82) is 0 Å². The molecular weight excluding hydrogens is 476 g/mol. The lowest BCUT2D eigenvalue weighted by atomic mass is 9.87. The van der Waals surface area contributed by atoms with Crippen LogP contribution in [0.3, 0.4) is 0 Å². The van der Waals surface area contributed by atoms with Crippen LogP contribution in [0.25, 0.3) is 0 Å². The van der Waals surface area contributed by atoms with Gasteiger partial charge in [0, 0.05) is 18.2 Å². The molecule has 1 saturated carbocycles. The molecule has 1 aliphatic rings. The van der Waals surface area contributed by atoms with E-state index >= 15 is 0 Å². The van der Waals surface area contributed by atoms with Crippen LogP contribution in [0.5, 0.6) is 5.75 Å². The van der Waals surface area contributed by atoms with Gasteiger partial charge in [-0.05, 0) is 37.8 Å². The van der Waals surface area contributed by atoms with Crippen molar-refractivity contribution in [3.05, 3.63) is 53.6 Å². The third kappa shape index (κ3) is 6.91. The first-order valence-electron chi connectivity index (χ1n) is 10.4. The van der Waals surface area contributed by atoms with Gasteiger partial charge in [-0.1, -0.05) is 0 Å². The molecule has 35 heavy (non-hydrogen) atoms. The number of aliphatic carboxylic acids is 1. The Bertz CT molecular complexity index is 1130. The van der Waals surface area contributed by atoms with E-state index in [1.165, 1.54) is 12.1 Å². The average Bonchev–Trinajstić information content (AvgIpc) is 2.82. The SMILES string of the molecule is O=C(NNC=Nc1cc(F)c(F)c(F)c1)C(=O)Nc1ccc(OC2CCC(C(=O)O)CC2)cc1F. The lowest BCUT2D eigenvalue weighted by Crippen LogP contribution is -2.43. The minimum atomic E-state index is -1.66. The number of anilines is 1. The third-order valence-corrected chi connectivity index (χ3v) is 5.15. The van der Waals surface area contributed by atoms with Gasteiger partial charge in [0.25, 0.3) is 0 Å². The fourth-order valence-electron chi connectivity index (χ4n) is 3.35. The van der Waals surface area contributed by atoms with Crippen molar-refractivity contribution in [2.75, 3.05) is 5.32 Å². The zero-order valence-corrected chi connectivity index (χ0v) is 18.0. The van der Waals surface area contributed by atoms with Crippen LogP contribution in [-0.4, -0.2) is 35.3 Å².